The average Bonchev–Trinajstić information content (AvgIpc) is 1.81. The topological polar surface area (TPSA) is 74.6 Å². The van der Waals surface area contributed by atoms with Crippen LogP contribution in [0.25, 0.3) is 0 Å². The molecule has 13 heavy (non-hydrogen) atoms. The lowest BCUT2D eigenvalue weighted by atomic mass is 10.1. The third-order valence-electron chi connectivity index (χ3n) is 1.51. The van der Waals surface area contributed by atoms with Gasteiger partial charge in [0.25, 0.3) is 0 Å². The first kappa shape index (κ1) is 12.8. The molecule has 6 heteroatoms. The second-order valence-corrected chi connectivity index (χ2v) is 6.02. The first-order valence-corrected chi connectivity index (χ1v) is 5.00. The number of carboxylic acid groups (broad SMARTS) is 2. The smallest absolute Gasteiger partial charge is 0.304 e. The van der Waals surface area contributed by atoms with Crippen LogP contribution < -0.4 is 0 Å². The van der Waals surface area contributed by atoms with E-state index in [-0.39, 0.29) is 12.8 Å². The van der Waals surface area contributed by atoms with Gasteiger partial charge in [0.05, 0.1) is 6.42 Å². The molecule has 0 rings (SSSR count). The molecule has 0 amide bonds. The molecule has 0 fully saturated rings. The van der Waals surface area contributed by atoms with Crippen LogP contribution in [0.5, 0.6) is 0 Å². The van der Waals surface area contributed by atoms with Gasteiger partial charge in [0.2, 0.25) is 0 Å². The molecule has 0 aromatic heterocycles. The molecule has 0 spiro atoms. The summed E-state index contributed by atoms with van der Waals surface area (Å²) in [5.41, 5.74) is 0. The molecule has 0 saturated carbocycles. The average molecular weight is 224 g/mol. The first-order chi connectivity index (χ1) is 5.83. The van der Waals surface area contributed by atoms with Crippen molar-refractivity contribution < 1.29 is 19.8 Å². The number of hydrogen-bond acceptors (Lipinski definition) is 2. The van der Waals surface area contributed by atoms with Crippen molar-refractivity contribution in [3.05, 3.63) is 0 Å². The summed E-state index contributed by atoms with van der Waals surface area (Å²) in [6, 6.07) is 0. The van der Waals surface area contributed by atoms with Gasteiger partial charge >= 0.3 is 11.9 Å². The zero-order valence-corrected chi connectivity index (χ0v) is 9.50. The molecule has 76 valence electrons. The number of carbonyl (C=O) groups is 2. The van der Waals surface area contributed by atoms with Gasteiger partial charge in [0.1, 0.15) is 0 Å². The van der Waals surface area contributed by atoms with Crippen molar-refractivity contribution in [2.24, 2.45) is 0 Å². The maximum Gasteiger partial charge on any atom is 0.304 e. The van der Waals surface area contributed by atoms with E-state index >= 15 is 0 Å². The van der Waals surface area contributed by atoms with Crippen LogP contribution in [0.2, 0.25) is 0 Å². The lowest BCUT2D eigenvalue weighted by Crippen LogP contribution is -2.17. The van der Waals surface area contributed by atoms with E-state index in [9.17, 15) is 9.59 Å². The SMILES string of the molecule is O=C(O)CCCC(P)(P)CC(=O)O. The van der Waals surface area contributed by atoms with E-state index < -0.39 is 16.8 Å². The van der Waals surface area contributed by atoms with Gasteiger partial charge < -0.3 is 10.2 Å². The Bertz CT molecular complexity index is 203. The van der Waals surface area contributed by atoms with Crippen LogP contribution in [0.3, 0.4) is 0 Å². The van der Waals surface area contributed by atoms with E-state index in [2.05, 4.69) is 18.5 Å². The van der Waals surface area contributed by atoms with Gasteiger partial charge in [-0.15, -0.1) is 18.5 Å². The molecular formula is C7H14O4P2. The van der Waals surface area contributed by atoms with Crippen molar-refractivity contribution >= 4 is 30.4 Å². The second kappa shape index (κ2) is 5.51. The van der Waals surface area contributed by atoms with Crippen LogP contribution in [-0.2, 0) is 9.59 Å². The Morgan fingerprint density at radius 1 is 1.15 bits per heavy atom. The highest BCUT2D eigenvalue weighted by atomic mass is 31.1. The molecule has 0 heterocycles. The maximum atomic E-state index is 10.4. The highest BCUT2D eigenvalue weighted by Gasteiger charge is 2.21. The molecule has 0 bridgehead atoms. The summed E-state index contributed by atoms with van der Waals surface area (Å²) in [4.78, 5) is 20.1. The second-order valence-electron chi connectivity index (χ2n) is 3.05. The van der Waals surface area contributed by atoms with Crippen LogP contribution >= 0.6 is 18.5 Å². The summed E-state index contributed by atoms with van der Waals surface area (Å²) in [6.07, 6.45) is 1.16. The lowest BCUT2D eigenvalue weighted by molar-refractivity contribution is -0.137. The molecule has 0 aliphatic heterocycles. The van der Waals surface area contributed by atoms with Crippen LogP contribution in [0.4, 0.5) is 0 Å². The predicted molar refractivity (Wildman–Crippen MR) is 55.9 cm³/mol. The molecule has 0 aromatic carbocycles. The van der Waals surface area contributed by atoms with E-state index in [1.54, 1.807) is 0 Å². The van der Waals surface area contributed by atoms with E-state index in [0.29, 0.717) is 12.8 Å². The van der Waals surface area contributed by atoms with Gasteiger partial charge in [0, 0.05) is 11.3 Å². The van der Waals surface area contributed by atoms with Gasteiger partial charge in [0.15, 0.2) is 0 Å². The largest absolute Gasteiger partial charge is 0.481 e. The van der Waals surface area contributed by atoms with Crippen molar-refractivity contribution in [1.29, 1.82) is 0 Å². The van der Waals surface area contributed by atoms with E-state index in [1.165, 1.54) is 0 Å². The predicted octanol–water partition coefficient (Wildman–Crippen LogP) is 1.16. The van der Waals surface area contributed by atoms with Crippen LogP contribution in [-0.4, -0.2) is 27.0 Å². The fourth-order valence-corrected chi connectivity index (χ4v) is 1.70. The quantitative estimate of drug-likeness (QED) is 0.664. The van der Waals surface area contributed by atoms with Crippen molar-refractivity contribution in [3.8, 4) is 0 Å². The molecule has 4 nitrogen and oxygen atoms in total. The standard InChI is InChI=1S/C7H14O4P2/c8-5(9)2-1-3-7(12,13)4-6(10)11/h1-4,12-13H2,(H,8,9)(H,10,11). The Hall–Kier alpha value is -0.200. The summed E-state index contributed by atoms with van der Waals surface area (Å²) in [6.45, 7) is 0. The summed E-state index contributed by atoms with van der Waals surface area (Å²) in [5, 5.41) is 16.9. The monoisotopic (exact) mass is 224 g/mol. The Morgan fingerprint density at radius 3 is 2.08 bits per heavy atom. The molecule has 0 saturated heterocycles. The Kier molecular flexibility index (Phi) is 5.43. The van der Waals surface area contributed by atoms with Gasteiger partial charge in [-0.3, -0.25) is 9.59 Å². The normalized spacial score (nSPS) is 11.2. The third-order valence-corrected chi connectivity index (χ3v) is 2.50. The van der Waals surface area contributed by atoms with Gasteiger partial charge in [-0.1, -0.05) is 0 Å². The van der Waals surface area contributed by atoms with Gasteiger partial charge in [-0.25, -0.2) is 0 Å². The van der Waals surface area contributed by atoms with Crippen molar-refractivity contribution in [1.82, 2.24) is 0 Å². The minimum Gasteiger partial charge on any atom is -0.481 e. The van der Waals surface area contributed by atoms with E-state index in [0.717, 1.165) is 0 Å². The van der Waals surface area contributed by atoms with Gasteiger partial charge in [-0.2, -0.15) is 0 Å². The molecule has 0 radical (unpaired) electrons. The van der Waals surface area contributed by atoms with Crippen LogP contribution in [0.1, 0.15) is 25.7 Å². The number of hydrogen-bond donors (Lipinski definition) is 2. The summed E-state index contributed by atoms with van der Waals surface area (Å²) in [7, 11) is 4.86. The fraction of sp³-hybridized carbons (Fsp3) is 0.714. The molecule has 2 atom stereocenters. The first-order valence-electron chi connectivity index (χ1n) is 3.85. The van der Waals surface area contributed by atoms with Crippen molar-refractivity contribution in [2.75, 3.05) is 0 Å². The fourth-order valence-electron chi connectivity index (χ4n) is 0.939. The van der Waals surface area contributed by atoms with Crippen molar-refractivity contribution in [2.45, 2.75) is 30.6 Å². The molecular weight excluding hydrogens is 210 g/mol. The number of aliphatic carboxylic acids is 2. The third kappa shape index (κ3) is 8.14. The Balaban J connectivity index is 3.75. The van der Waals surface area contributed by atoms with Crippen LogP contribution in [0.15, 0.2) is 0 Å². The Morgan fingerprint density at radius 2 is 1.69 bits per heavy atom. The van der Waals surface area contributed by atoms with Crippen molar-refractivity contribution in [3.63, 3.8) is 0 Å². The number of carboxylic acids is 2. The summed E-state index contributed by atoms with van der Waals surface area (Å²) in [5.74, 6) is -1.72. The zero-order valence-electron chi connectivity index (χ0n) is 7.19. The lowest BCUT2D eigenvalue weighted by Gasteiger charge is -2.21. The van der Waals surface area contributed by atoms with E-state index in [4.69, 9.17) is 10.2 Å². The van der Waals surface area contributed by atoms with Crippen LogP contribution in [0, 0.1) is 0 Å². The summed E-state index contributed by atoms with van der Waals surface area (Å²) < 4.78 is 0. The number of rotatable bonds is 6. The molecule has 2 unspecified atom stereocenters. The highest BCUT2D eigenvalue weighted by molar-refractivity contribution is 7.40. The molecule has 0 aliphatic carbocycles. The molecule has 0 aliphatic rings. The Labute approximate surface area is 81.5 Å². The molecule has 0 aromatic rings. The van der Waals surface area contributed by atoms with E-state index in [1.807, 2.05) is 0 Å². The highest BCUT2D eigenvalue weighted by Crippen LogP contribution is 2.35. The minimum absolute atomic E-state index is 0.0158. The van der Waals surface area contributed by atoms with Gasteiger partial charge in [-0.05, 0) is 12.8 Å². The maximum absolute atomic E-state index is 10.4. The zero-order chi connectivity index (χ0) is 10.5. The molecule has 2 N–H and O–H groups in total. The summed E-state index contributed by atoms with van der Waals surface area (Å²) >= 11 is 0. The minimum atomic E-state index is -0.875.